The van der Waals surface area contributed by atoms with Crippen LogP contribution in [0.15, 0.2) is 35.5 Å². The van der Waals surface area contributed by atoms with Gasteiger partial charge in [-0.2, -0.15) is 5.10 Å². The van der Waals surface area contributed by atoms with E-state index in [2.05, 4.69) is 15.4 Å². The number of hydrogen-bond donors (Lipinski definition) is 1. The number of nitrogens with zero attached hydrogens (tertiary/aromatic N) is 3. The van der Waals surface area contributed by atoms with E-state index in [-0.39, 0.29) is 6.61 Å². The molecule has 2 rings (SSSR count). The molecule has 0 spiro atoms. The maximum absolute atomic E-state index is 11.9. The number of aryl methyl sites for hydroxylation is 1. The molecule has 0 fully saturated rings. The molecule has 0 aliphatic rings. The summed E-state index contributed by atoms with van der Waals surface area (Å²) in [6.45, 7) is 4.33. The van der Waals surface area contributed by atoms with E-state index in [4.69, 9.17) is 44.3 Å². The Labute approximate surface area is 178 Å². The zero-order valence-electron chi connectivity index (χ0n) is 15.7. The number of aliphatic imine (C=N–C) groups is 1. The van der Waals surface area contributed by atoms with Crippen LogP contribution in [0.25, 0.3) is 0 Å². The first-order valence-corrected chi connectivity index (χ1v) is 9.67. The number of amides is 1. The van der Waals surface area contributed by atoms with Crippen LogP contribution in [-0.4, -0.2) is 39.6 Å². The molecule has 152 valence electrons. The van der Waals surface area contributed by atoms with Crippen molar-refractivity contribution in [1.82, 2.24) is 15.1 Å². The fourth-order valence-corrected chi connectivity index (χ4v) is 2.94. The maximum atomic E-state index is 11.9. The number of alkyl carbamates (subject to hydrolysis) is 1. The lowest BCUT2D eigenvalue weighted by atomic mass is 10.1. The van der Waals surface area contributed by atoms with Crippen LogP contribution in [0, 0.1) is 0 Å². The van der Waals surface area contributed by atoms with Crippen molar-refractivity contribution in [3.05, 3.63) is 41.6 Å². The Morgan fingerprint density at radius 1 is 1.32 bits per heavy atom. The average molecular weight is 448 g/mol. The first-order chi connectivity index (χ1) is 13.3. The normalized spacial score (nSPS) is 12.8. The van der Waals surface area contributed by atoms with Crippen molar-refractivity contribution in [2.45, 2.75) is 30.2 Å². The number of carbonyl (C=O) groups is 1. The molecule has 1 aromatic heterocycles. The van der Waals surface area contributed by atoms with E-state index >= 15 is 0 Å². The summed E-state index contributed by atoms with van der Waals surface area (Å²) < 4.78 is 9.87. The second kappa shape index (κ2) is 10.0. The number of carbonyl (C=O) groups excluding carboxylic acids is 1. The van der Waals surface area contributed by atoms with Gasteiger partial charge in [-0.3, -0.25) is 0 Å². The molecular weight excluding hydrogens is 427 g/mol. The van der Waals surface area contributed by atoms with E-state index in [1.807, 2.05) is 31.2 Å². The predicted octanol–water partition coefficient (Wildman–Crippen LogP) is 4.82. The van der Waals surface area contributed by atoms with Gasteiger partial charge in [-0.15, -0.1) is 0 Å². The summed E-state index contributed by atoms with van der Waals surface area (Å²) in [4.78, 5) is 16.4. The van der Waals surface area contributed by atoms with Crippen LogP contribution < -0.4 is 10.1 Å². The third-order valence-corrected chi connectivity index (χ3v) is 4.42. The smallest absolute Gasteiger partial charge is 0.407 e. The van der Waals surface area contributed by atoms with Gasteiger partial charge in [0.2, 0.25) is 3.79 Å². The molecule has 1 aromatic carbocycles. The van der Waals surface area contributed by atoms with Crippen LogP contribution in [0.1, 0.15) is 31.0 Å². The molecule has 28 heavy (non-hydrogen) atoms. The molecule has 0 radical (unpaired) electrons. The zero-order chi connectivity index (χ0) is 20.7. The van der Waals surface area contributed by atoms with E-state index in [1.165, 1.54) is 6.20 Å². The highest BCUT2D eigenvalue weighted by Gasteiger charge is 2.38. The summed E-state index contributed by atoms with van der Waals surface area (Å²) in [6, 6.07) is 6.37. The molecule has 1 heterocycles. The minimum Gasteiger partial charge on any atom is -0.497 e. The molecule has 0 aliphatic carbocycles. The van der Waals surface area contributed by atoms with Gasteiger partial charge in [-0.1, -0.05) is 34.8 Å². The number of ether oxygens (including phenoxy) is 2. The van der Waals surface area contributed by atoms with Crippen molar-refractivity contribution in [3.63, 3.8) is 0 Å². The highest BCUT2D eigenvalue weighted by Crippen LogP contribution is 2.42. The third kappa shape index (κ3) is 5.77. The molecule has 1 atom stereocenters. The van der Waals surface area contributed by atoms with Crippen LogP contribution in [-0.2, 0) is 11.3 Å². The Morgan fingerprint density at radius 3 is 2.54 bits per heavy atom. The van der Waals surface area contributed by atoms with Gasteiger partial charge in [0.1, 0.15) is 11.8 Å². The lowest BCUT2D eigenvalue weighted by Crippen LogP contribution is -2.36. The third-order valence-electron chi connectivity index (χ3n) is 3.77. The zero-order valence-corrected chi connectivity index (χ0v) is 17.9. The van der Waals surface area contributed by atoms with Gasteiger partial charge in [0.05, 0.1) is 19.9 Å². The fourth-order valence-electron chi connectivity index (χ4n) is 2.42. The van der Waals surface area contributed by atoms with Gasteiger partial charge >= 0.3 is 6.09 Å². The Morgan fingerprint density at radius 2 is 2.00 bits per heavy atom. The first kappa shape index (κ1) is 22.3. The monoisotopic (exact) mass is 446 g/mol. The molecular formula is C18H21Cl3N4O3. The van der Waals surface area contributed by atoms with Crippen molar-refractivity contribution in [1.29, 1.82) is 0 Å². The van der Waals surface area contributed by atoms with Gasteiger partial charge in [0.25, 0.3) is 0 Å². The van der Waals surface area contributed by atoms with Gasteiger partial charge in [-0.05, 0) is 43.7 Å². The van der Waals surface area contributed by atoms with Gasteiger partial charge in [0.15, 0.2) is 5.82 Å². The van der Waals surface area contributed by atoms with E-state index in [9.17, 15) is 4.79 Å². The Balaban J connectivity index is 2.39. The fraction of sp³-hybridized carbons (Fsp3) is 0.389. The van der Waals surface area contributed by atoms with Gasteiger partial charge < -0.3 is 14.8 Å². The van der Waals surface area contributed by atoms with Crippen molar-refractivity contribution >= 4 is 52.9 Å². The number of methoxy groups -OCH3 is 1. The lowest BCUT2D eigenvalue weighted by Gasteiger charge is -2.24. The molecule has 0 saturated carbocycles. The van der Waals surface area contributed by atoms with E-state index in [0.717, 1.165) is 11.3 Å². The first-order valence-electron chi connectivity index (χ1n) is 8.54. The Bertz CT molecular complexity index is 816. The quantitative estimate of drug-likeness (QED) is 0.487. The van der Waals surface area contributed by atoms with Crippen molar-refractivity contribution in [2.75, 3.05) is 13.7 Å². The van der Waals surface area contributed by atoms with Crippen molar-refractivity contribution in [3.8, 4) is 5.75 Å². The van der Waals surface area contributed by atoms with Crippen LogP contribution in [0.2, 0.25) is 0 Å². The topological polar surface area (TPSA) is 77.7 Å². The lowest BCUT2D eigenvalue weighted by molar-refractivity contribution is 0.148. The van der Waals surface area contributed by atoms with Crippen molar-refractivity contribution in [2.24, 2.45) is 4.99 Å². The number of rotatable bonds is 7. The summed E-state index contributed by atoms with van der Waals surface area (Å²) in [5.41, 5.74) is 1.30. The molecule has 1 amide bonds. The largest absolute Gasteiger partial charge is 0.497 e. The highest BCUT2D eigenvalue weighted by molar-refractivity contribution is 6.68. The molecule has 1 N–H and O–H groups in total. The summed E-state index contributed by atoms with van der Waals surface area (Å²) in [6.07, 6.45) is 2.47. The molecule has 10 heteroatoms. The van der Waals surface area contributed by atoms with Crippen LogP contribution >= 0.6 is 34.8 Å². The standard InChI is InChI=1S/C18H21Cl3N4O3/c1-4-25-16(22-10-12-6-8-13(27-3)9-7-12)14(11-23-25)15(18(19,20)21)24-17(26)28-5-2/h6-11,15H,4-5H2,1-3H3,(H,24,26)/b22-10+. The minimum absolute atomic E-state index is 0.190. The molecule has 7 nitrogen and oxygen atoms in total. The van der Waals surface area contributed by atoms with Crippen LogP contribution in [0.5, 0.6) is 5.75 Å². The highest BCUT2D eigenvalue weighted by atomic mass is 35.6. The van der Waals surface area contributed by atoms with E-state index in [1.54, 1.807) is 24.9 Å². The van der Waals surface area contributed by atoms with Crippen molar-refractivity contribution < 1.29 is 14.3 Å². The summed E-state index contributed by atoms with van der Waals surface area (Å²) >= 11 is 18.3. The van der Waals surface area contributed by atoms with Crippen LogP contribution in [0.4, 0.5) is 10.6 Å². The summed E-state index contributed by atoms with van der Waals surface area (Å²) in [5, 5.41) is 6.84. The number of hydrogen-bond acceptors (Lipinski definition) is 5. The van der Waals surface area contributed by atoms with Gasteiger partial charge in [0, 0.05) is 18.3 Å². The molecule has 2 aromatic rings. The second-order valence-corrected chi connectivity index (χ2v) is 7.98. The Kier molecular flexibility index (Phi) is 7.98. The SMILES string of the molecule is CCOC(=O)NC(c1cnn(CC)c1/N=C/c1ccc(OC)cc1)C(Cl)(Cl)Cl. The number of benzene rings is 1. The molecule has 1 unspecified atom stereocenters. The maximum Gasteiger partial charge on any atom is 0.407 e. The summed E-state index contributed by atoms with van der Waals surface area (Å²) in [7, 11) is 1.60. The molecule has 0 aliphatic heterocycles. The van der Waals surface area contributed by atoms with E-state index < -0.39 is 15.9 Å². The minimum atomic E-state index is -1.83. The number of halogens is 3. The van der Waals surface area contributed by atoms with Crippen LogP contribution in [0.3, 0.4) is 0 Å². The predicted molar refractivity (Wildman–Crippen MR) is 111 cm³/mol. The summed E-state index contributed by atoms with van der Waals surface area (Å²) in [5.74, 6) is 1.21. The average Bonchev–Trinajstić information content (AvgIpc) is 3.06. The Hall–Kier alpha value is -1.96. The number of alkyl halides is 3. The molecule has 0 bridgehead atoms. The van der Waals surface area contributed by atoms with Gasteiger partial charge in [-0.25, -0.2) is 14.5 Å². The van der Waals surface area contributed by atoms with E-state index in [0.29, 0.717) is 17.9 Å². The second-order valence-electron chi connectivity index (χ2n) is 5.61. The number of aromatic nitrogens is 2. The molecule has 0 saturated heterocycles. The number of nitrogens with one attached hydrogen (secondary N) is 1.